The van der Waals surface area contributed by atoms with E-state index in [-0.39, 0.29) is 11.3 Å². The Hall–Kier alpha value is -2.95. The average Bonchev–Trinajstić information content (AvgIpc) is 2.92. The van der Waals surface area contributed by atoms with Crippen molar-refractivity contribution in [2.75, 3.05) is 11.9 Å². The van der Waals surface area contributed by atoms with Gasteiger partial charge in [-0.1, -0.05) is 5.21 Å². The molecule has 1 heterocycles. The minimum atomic E-state index is -0.528. The van der Waals surface area contributed by atoms with E-state index in [0.29, 0.717) is 18.8 Å². The van der Waals surface area contributed by atoms with Crippen LogP contribution in [0.2, 0.25) is 0 Å². The highest BCUT2D eigenvalue weighted by Gasteiger charge is 2.10. The lowest BCUT2D eigenvalue weighted by atomic mass is 10.1. The van der Waals surface area contributed by atoms with E-state index in [9.17, 15) is 10.1 Å². The smallest absolute Gasteiger partial charge is 0.270 e. The van der Waals surface area contributed by atoms with E-state index in [0.717, 1.165) is 0 Å². The number of nitrogens with zero attached hydrogens (tertiary/aromatic N) is 5. The van der Waals surface area contributed by atoms with Crippen LogP contribution in [0.25, 0.3) is 0 Å². The molecule has 0 spiro atoms. The molecule has 96 valence electrons. The van der Waals surface area contributed by atoms with Crippen LogP contribution in [-0.2, 0) is 6.54 Å². The highest BCUT2D eigenvalue weighted by atomic mass is 16.6. The van der Waals surface area contributed by atoms with Crippen molar-refractivity contribution in [1.29, 1.82) is 5.26 Å². The molecular formula is C11H10N6O2. The van der Waals surface area contributed by atoms with Crippen molar-refractivity contribution in [3.05, 3.63) is 46.3 Å². The summed E-state index contributed by atoms with van der Waals surface area (Å²) >= 11 is 0. The van der Waals surface area contributed by atoms with Crippen LogP contribution in [0.5, 0.6) is 0 Å². The lowest BCUT2D eigenvalue weighted by Crippen LogP contribution is -2.11. The summed E-state index contributed by atoms with van der Waals surface area (Å²) in [6, 6.07) is 6.07. The van der Waals surface area contributed by atoms with Crippen LogP contribution in [0, 0.1) is 21.4 Å². The van der Waals surface area contributed by atoms with Gasteiger partial charge in [-0.3, -0.25) is 14.8 Å². The molecule has 0 amide bonds. The molecule has 0 saturated carbocycles. The van der Waals surface area contributed by atoms with Gasteiger partial charge in [-0.2, -0.15) is 5.26 Å². The van der Waals surface area contributed by atoms with Crippen LogP contribution in [-0.4, -0.2) is 26.5 Å². The summed E-state index contributed by atoms with van der Waals surface area (Å²) in [7, 11) is 0. The van der Waals surface area contributed by atoms with E-state index >= 15 is 0 Å². The van der Waals surface area contributed by atoms with Crippen LogP contribution < -0.4 is 5.32 Å². The second-order valence-corrected chi connectivity index (χ2v) is 3.69. The molecule has 0 bridgehead atoms. The fourth-order valence-electron chi connectivity index (χ4n) is 1.55. The molecule has 0 aliphatic heterocycles. The Bertz CT molecular complexity index is 617. The molecule has 8 nitrogen and oxygen atoms in total. The first-order valence-electron chi connectivity index (χ1n) is 5.47. The molecule has 0 fully saturated rings. The molecule has 2 aromatic rings. The third-order valence-electron chi connectivity index (χ3n) is 2.46. The summed E-state index contributed by atoms with van der Waals surface area (Å²) in [5.74, 6) is 0. The van der Waals surface area contributed by atoms with Crippen molar-refractivity contribution in [3.8, 4) is 6.07 Å². The molecule has 8 heteroatoms. The van der Waals surface area contributed by atoms with Gasteiger partial charge in [0.15, 0.2) is 0 Å². The summed E-state index contributed by atoms with van der Waals surface area (Å²) in [4.78, 5) is 10.1. The van der Waals surface area contributed by atoms with Gasteiger partial charge in [-0.15, -0.1) is 5.10 Å². The van der Waals surface area contributed by atoms with Gasteiger partial charge in [-0.05, 0) is 6.07 Å². The molecule has 0 radical (unpaired) electrons. The summed E-state index contributed by atoms with van der Waals surface area (Å²) < 4.78 is 1.64. The third-order valence-corrected chi connectivity index (χ3v) is 2.46. The van der Waals surface area contributed by atoms with Crippen LogP contribution in [0.3, 0.4) is 0 Å². The number of hydrogen-bond donors (Lipinski definition) is 1. The molecule has 0 saturated heterocycles. The molecule has 0 unspecified atom stereocenters. The number of rotatable bonds is 5. The number of nitro groups is 1. The summed E-state index contributed by atoms with van der Waals surface area (Å²) in [6.45, 7) is 1.12. The van der Waals surface area contributed by atoms with Crippen molar-refractivity contribution in [3.63, 3.8) is 0 Å². The Morgan fingerprint density at radius 3 is 3.00 bits per heavy atom. The predicted octanol–water partition coefficient (Wildman–Crippen LogP) is 1.17. The monoisotopic (exact) mass is 258 g/mol. The fraction of sp³-hybridized carbons (Fsp3) is 0.182. The minimum absolute atomic E-state index is 0.0987. The zero-order valence-electron chi connectivity index (χ0n) is 9.85. The van der Waals surface area contributed by atoms with Gasteiger partial charge in [0.05, 0.1) is 28.9 Å². The van der Waals surface area contributed by atoms with Gasteiger partial charge in [0.1, 0.15) is 6.07 Å². The van der Waals surface area contributed by atoms with Gasteiger partial charge in [0.25, 0.3) is 5.69 Å². The van der Waals surface area contributed by atoms with Gasteiger partial charge < -0.3 is 5.32 Å². The van der Waals surface area contributed by atoms with Crippen molar-refractivity contribution >= 4 is 11.4 Å². The fourth-order valence-corrected chi connectivity index (χ4v) is 1.55. The predicted molar refractivity (Wildman–Crippen MR) is 66.3 cm³/mol. The Morgan fingerprint density at radius 2 is 2.37 bits per heavy atom. The highest BCUT2D eigenvalue weighted by molar-refractivity contribution is 5.61. The van der Waals surface area contributed by atoms with E-state index in [1.807, 2.05) is 6.07 Å². The van der Waals surface area contributed by atoms with Crippen LogP contribution in [0.15, 0.2) is 30.6 Å². The largest absolute Gasteiger partial charge is 0.382 e. The standard InChI is InChI=1S/C11H10N6O2/c12-8-9-7-10(17(18)19)1-2-11(9)13-3-5-16-6-4-14-15-16/h1-2,4,6-7,13H,3,5H2. The molecule has 1 aromatic carbocycles. The Morgan fingerprint density at radius 1 is 1.53 bits per heavy atom. The van der Waals surface area contributed by atoms with E-state index in [1.54, 1.807) is 17.1 Å². The van der Waals surface area contributed by atoms with Crippen molar-refractivity contribution in [1.82, 2.24) is 15.0 Å². The Labute approximate surface area is 108 Å². The van der Waals surface area contributed by atoms with Gasteiger partial charge in [0.2, 0.25) is 0 Å². The topological polar surface area (TPSA) is 110 Å². The lowest BCUT2D eigenvalue weighted by molar-refractivity contribution is -0.384. The van der Waals surface area contributed by atoms with Crippen LogP contribution in [0.4, 0.5) is 11.4 Å². The second-order valence-electron chi connectivity index (χ2n) is 3.69. The normalized spacial score (nSPS) is 9.84. The average molecular weight is 258 g/mol. The van der Waals surface area contributed by atoms with Crippen molar-refractivity contribution in [2.24, 2.45) is 0 Å². The van der Waals surface area contributed by atoms with Gasteiger partial charge >= 0.3 is 0 Å². The molecule has 0 atom stereocenters. The number of nitro benzene ring substituents is 1. The van der Waals surface area contributed by atoms with Crippen molar-refractivity contribution < 1.29 is 4.92 Å². The molecule has 0 aliphatic carbocycles. The molecule has 2 rings (SSSR count). The molecule has 1 aromatic heterocycles. The van der Waals surface area contributed by atoms with Gasteiger partial charge in [-0.25, -0.2) is 0 Å². The summed E-state index contributed by atoms with van der Waals surface area (Å²) in [6.07, 6.45) is 3.30. The maximum atomic E-state index is 10.6. The molecule has 0 aliphatic rings. The number of nitrogens with one attached hydrogen (secondary N) is 1. The molecule has 19 heavy (non-hydrogen) atoms. The highest BCUT2D eigenvalue weighted by Crippen LogP contribution is 2.21. The van der Waals surface area contributed by atoms with E-state index < -0.39 is 4.92 Å². The van der Waals surface area contributed by atoms with Crippen LogP contribution >= 0.6 is 0 Å². The quantitative estimate of drug-likeness (QED) is 0.636. The lowest BCUT2D eigenvalue weighted by Gasteiger charge is -2.07. The second kappa shape index (κ2) is 5.59. The number of non-ortho nitro benzene ring substituents is 1. The Kier molecular flexibility index (Phi) is 3.68. The Balaban J connectivity index is 2.04. The number of anilines is 1. The first kappa shape index (κ1) is 12.5. The number of benzene rings is 1. The maximum Gasteiger partial charge on any atom is 0.270 e. The SMILES string of the molecule is N#Cc1cc([N+](=O)[O-])ccc1NCCn1ccnn1. The summed E-state index contributed by atoms with van der Waals surface area (Å²) in [5.41, 5.74) is 0.708. The van der Waals surface area contributed by atoms with Crippen LogP contribution in [0.1, 0.15) is 5.56 Å². The number of aromatic nitrogens is 3. The van der Waals surface area contributed by atoms with E-state index in [1.165, 1.54) is 18.2 Å². The number of nitriles is 1. The molecule has 1 N–H and O–H groups in total. The molecular weight excluding hydrogens is 248 g/mol. The minimum Gasteiger partial charge on any atom is -0.382 e. The zero-order chi connectivity index (χ0) is 13.7. The maximum absolute atomic E-state index is 10.6. The number of hydrogen-bond acceptors (Lipinski definition) is 6. The van der Waals surface area contributed by atoms with E-state index in [4.69, 9.17) is 5.26 Å². The summed E-state index contributed by atoms with van der Waals surface area (Å²) in [5, 5.41) is 30.1. The van der Waals surface area contributed by atoms with Crippen molar-refractivity contribution in [2.45, 2.75) is 6.54 Å². The third kappa shape index (κ3) is 3.04. The van der Waals surface area contributed by atoms with E-state index in [2.05, 4.69) is 15.6 Å². The first-order chi connectivity index (χ1) is 9.20. The van der Waals surface area contributed by atoms with Gasteiger partial charge in [0, 0.05) is 24.9 Å². The first-order valence-corrected chi connectivity index (χ1v) is 5.47. The zero-order valence-corrected chi connectivity index (χ0v) is 9.85.